The van der Waals surface area contributed by atoms with Gasteiger partial charge in [-0.3, -0.25) is 9.47 Å². The molecular weight excluding hydrogens is 216 g/mol. The summed E-state index contributed by atoms with van der Waals surface area (Å²) in [5, 5.41) is 2.96. The maximum Gasteiger partial charge on any atom is 0.189 e. The summed E-state index contributed by atoms with van der Waals surface area (Å²) < 4.78 is 7.40. The van der Waals surface area contributed by atoms with E-state index in [2.05, 4.69) is 9.69 Å². The van der Waals surface area contributed by atoms with Gasteiger partial charge in [-0.05, 0) is 12.1 Å². The fourth-order valence-corrected chi connectivity index (χ4v) is 2.21. The third-order valence-corrected chi connectivity index (χ3v) is 3.08. The lowest BCUT2D eigenvalue weighted by Crippen LogP contribution is -2.44. The molecular formula is C13H14N2O2. The highest BCUT2D eigenvalue weighted by atomic mass is 16.5. The van der Waals surface area contributed by atoms with E-state index in [0.29, 0.717) is 0 Å². The van der Waals surface area contributed by atoms with Gasteiger partial charge in [0.05, 0.1) is 31.8 Å². The number of fused-ring (bicyclic) bond motifs is 1. The lowest BCUT2D eigenvalue weighted by molar-refractivity contribution is 0.112. The molecule has 0 spiro atoms. The molecule has 0 N–H and O–H groups in total. The van der Waals surface area contributed by atoms with Crippen LogP contribution >= 0.6 is 0 Å². The Labute approximate surface area is 99.0 Å². The summed E-state index contributed by atoms with van der Waals surface area (Å²) in [6.07, 6.45) is 1.84. The molecule has 4 nitrogen and oxygen atoms in total. The van der Waals surface area contributed by atoms with E-state index < -0.39 is 0 Å². The highest BCUT2D eigenvalue weighted by molar-refractivity contribution is 5.78. The minimum absolute atomic E-state index is 0.0742. The number of aromatic nitrogens is 1. The summed E-state index contributed by atoms with van der Waals surface area (Å²) in [5.41, 5.74) is 1.03. The number of rotatable bonds is 1. The molecule has 0 radical (unpaired) electrons. The van der Waals surface area contributed by atoms with Crippen LogP contribution in [0.1, 0.15) is 0 Å². The fourth-order valence-electron chi connectivity index (χ4n) is 2.21. The van der Waals surface area contributed by atoms with Gasteiger partial charge in [-0.25, -0.2) is 0 Å². The van der Waals surface area contributed by atoms with E-state index in [1.54, 1.807) is 6.07 Å². The maximum absolute atomic E-state index is 11.8. The highest BCUT2D eigenvalue weighted by Gasteiger charge is 2.12. The van der Waals surface area contributed by atoms with Gasteiger partial charge in [0.25, 0.3) is 0 Å². The standard InChI is InChI=1S/C13H14N2O2/c16-13-5-6-15(14-7-9-17-10-8-14)12-4-2-1-3-11(12)13/h1-6H,7-10H2. The Morgan fingerprint density at radius 1 is 1.06 bits per heavy atom. The van der Waals surface area contributed by atoms with Crippen molar-refractivity contribution in [3.63, 3.8) is 0 Å². The normalized spacial score (nSPS) is 16.4. The average molecular weight is 230 g/mol. The minimum Gasteiger partial charge on any atom is -0.378 e. The van der Waals surface area contributed by atoms with Crippen molar-refractivity contribution >= 4 is 10.9 Å². The van der Waals surface area contributed by atoms with E-state index in [-0.39, 0.29) is 5.43 Å². The molecule has 17 heavy (non-hydrogen) atoms. The minimum atomic E-state index is 0.0742. The Morgan fingerprint density at radius 3 is 2.65 bits per heavy atom. The van der Waals surface area contributed by atoms with Gasteiger partial charge < -0.3 is 9.75 Å². The molecule has 0 aliphatic carbocycles. The molecule has 1 saturated heterocycles. The van der Waals surface area contributed by atoms with Crippen LogP contribution in [0.15, 0.2) is 41.3 Å². The lowest BCUT2D eigenvalue weighted by Gasteiger charge is -2.31. The van der Waals surface area contributed by atoms with Crippen LogP contribution in [0.5, 0.6) is 0 Å². The van der Waals surface area contributed by atoms with Gasteiger partial charge in [-0.2, -0.15) is 0 Å². The van der Waals surface area contributed by atoms with Crippen LogP contribution in [-0.2, 0) is 4.74 Å². The average Bonchev–Trinajstić information content (AvgIpc) is 2.41. The summed E-state index contributed by atoms with van der Waals surface area (Å²) in [6.45, 7) is 3.18. The third kappa shape index (κ3) is 1.80. The van der Waals surface area contributed by atoms with Crippen molar-refractivity contribution in [1.29, 1.82) is 0 Å². The zero-order valence-corrected chi connectivity index (χ0v) is 9.50. The second kappa shape index (κ2) is 4.22. The van der Waals surface area contributed by atoms with E-state index >= 15 is 0 Å². The first-order chi connectivity index (χ1) is 8.36. The molecule has 0 unspecified atom stereocenters. The molecule has 0 amide bonds. The molecule has 0 atom stereocenters. The first-order valence-corrected chi connectivity index (χ1v) is 5.80. The van der Waals surface area contributed by atoms with Gasteiger partial charge in [-0.15, -0.1) is 0 Å². The van der Waals surface area contributed by atoms with Crippen molar-refractivity contribution in [2.24, 2.45) is 0 Å². The monoisotopic (exact) mass is 230 g/mol. The summed E-state index contributed by atoms with van der Waals surface area (Å²) in [4.78, 5) is 11.8. The molecule has 2 aromatic rings. The molecule has 1 aliphatic rings. The topological polar surface area (TPSA) is 34.5 Å². The number of para-hydroxylation sites is 1. The smallest absolute Gasteiger partial charge is 0.189 e. The summed E-state index contributed by atoms with van der Waals surface area (Å²) in [7, 11) is 0. The molecule has 88 valence electrons. The van der Waals surface area contributed by atoms with Crippen molar-refractivity contribution in [1.82, 2.24) is 4.68 Å². The van der Waals surface area contributed by atoms with Crippen molar-refractivity contribution in [3.05, 3.63) is 46.8 Å². The SMILES string of the molecule is O=c1ccn(N2CCOCC2)c2ccccc12. The fraction of sp³-hybridized carbons (Fsp3) is 0.308. The molecule has 1 aromatic heterocycles. The van der Waals surface area contributed by atoms with E-state index in [1.165, 1.54) is 0 Å². The molecule has 1 aliphatic heterocycles. The van der Waals surface area contributed by atoms with Crippen LogP contribution in [0.2, 0.25) is 0 Å². The second-order valence-corrected chi connectivity index (χ2v) is 4.11. The maximum atomic E-state index is 11.8. The molecule has 0 bridgehead atoms. The zero-order valence-electron chi connectivity index (χ0n) is 9.50. The van der Waals surface area contributed by atoms with Gasteiger partial charge in [0.1, 0.15) is 0 Å². The van der Waals surface area contributed by atoms with Crippen molar-refractivity contribution in [2.45, 2.75) is 0 Å². The molecule has 1 aromatic carbocycles. The number of nitrogens with zero attached hydrogens (tertiary/aromatic N) is 2. The number of hydrogen-bond acceptors (Lipinski definition) is 3. The first-order valence-electron chi connectivity index (χ1n) is 5.80. The second-order valence-electron chi connectivity index (χ2n) is 4.11. The Balaban J connectivity index is 2.16. The molecule has 2 heterocycles. The summed E-state index contributed by atoms with van der Waals surface area (Å²) in [5.74, 6) is 0. The number of morpholine rings is 1. The summed E-state index contributed by atoms with van der Waals surface area (Å²) in [6, 6.07) is 9.32. The van der Waals surface area contributed by atoms with Crippen LogP contribution in [0, 0.1) is 0 Å². The van der Waals surface area contributed by atoms with Gasteiger partial charge in [-0.1, -0.05) is 12.1 Å². The predicted octanol–water partition coefficient (Wildman–Crippen LogP) is 0.970. The van der Waals surface area contributed by atoms with E-state index in [1.807, 2.05) is 30.5 Å². The quantitative estimate of drug-likeness (QED) is 0.732. The van der Waals surface area contributed by atoms with E-state index in [4.69, 9.17) is 4.74 Å². The Hall–Kier alpha value is -1.81. The lowest BCUT2D eigenvalue weighted by atomic mass is 10.2. The Kier molecular flexibility index (Phi) is 2.57. The molecule has 3 rings (SSSR count). The first kappa shape index (κ1) is 10.4. The van der Waals surface area contributed by atoms with Crippen LogP contribution in [0.25, 0.3) is 10.9 Å². The van der Waals surface area contributed by atoms with Crippen LogP contribution < -0.4 is 10.4 Å². The molecule has 4 heteroatoms. The number of pyridine rings is 1. The Morgan fingerprint density at radius 2 is 1.82 bits per heavy atom. The predicted molar refractivity (Wildman–Crippen MR) is 67.0 cm³/mol. The van der Waals surface area contributed by atoms with Crippen LogP contribution in [-0.4, -0.2) is 31.0 Å². The number of hydrogen-bond donors (Lipinski definition) is 0. The largest absolute Gasteiger partial charge is 0.378 e. The van der Waals surface area contributed by atoms with Crippen LogP contribution in [0.3, 0.4) is 0 Å². The summed E-state index contributed by atoms with van der Waals surface area (Å²) >= 11 is 0. The zero-order chi connectivity index (χ0) is 11.7. The Bertz CT molecular complexity index is 585. The van der Waals surface area contributed by atoms with Gasteiger partial charge in [0.2, 0.25) is 0 Å². The number of ether oxygens (including phenoxy) is 1. The third-order valence-electron chi connectivity index (χ3n) is 3.08. The van der Waals surface area contributed by atoms with Crippen LogP contribution in [0.4, 0.5) is 0 Å². The van der Waals surface area contributed by atoms with Crippen molar-refractivity contribution in [3.8, 4) is 0 Å². The van der Waals surface area contributed by atoms with Gasteiger partial charge >= 0.3 is 0 Å². The number of benzene rings is 1. The van der Waals surface area contributed by atoms with Crippen molar-refractivity contribution < 1.29 is 4.74 Å². The molecule has 0 saturated carbocycles. The van der Waals surface area contributed by atoms with Crippen molar-refractivity contribution in [2.75, 3.05) is 31.3 Å². The van der Waals surface area contributed by atoms with Gasteiger partial charge in [0.15, 0.2) is 5.43 Å². The highest BCUT2D eigenvalue weighted by Crippen LogP contribution is 2.10. The van der Waals surface area contributed by atoms with Gasteiger partial charge in [0, 0.05) is 17.6 Å². The van der Waals surface area contributed by atoms with E-state index in [9.17, 15) is 4.79 Å². The molecule has 1 fully saturated rings. The van der Waals surface area contributed by atoms with E-state index in [0.717, 1.165) is 37.2 Å².